The van der Waals surface area contributed by atoms with E-state index < -0.39 is 18.1 Å². The molecule has 2 aromatic carbocycles. The lowest BCUT2D eigenvalue weighted by Gasteiger charge is -2.38. The van der Waals surface area contributed by atoms with Crippen molar-refractivity contribution in [1.82, 2.24) is 20.1 Å². The number of benzene rings is 2. The fourth-order valence-corrected chi connectivity index (χ4v) is 5.28. The van der Waals surface area contributed by atoms with Gasteiger partial charge in [0.1, 0.15) is 6.10 Å². The van der Waals surface area contributed by atoms with Crippen LogP contribution in [0.2, 0.25) is 0 Å². The summed E-state index contributed by atoms with van der Waals surface area (Å²) in [5.41, 5.74) is 1.33. The van der Waals surface area contributed by atoms with E-state index in [2.05, 4.69) is 15.6 Å². The number of rotatable bonds is 7. The predicted octanol–water partition coefficient (Wildman–Crippen LogP) is 3.82. The van der Waals surface area contributed by atoms with E-state index in [0.29, 0.717) is 12.2 Å². The van der Waals surface area contributed by atoms with Crippen LogP contribution in [0.25, 0.3) is 10.2 Å². The number of nitrogens with one attached hydrogen (secondary N) is 2. The minimum atomic E-state index is -0.506. The normalized spacial score (nSPS) is 18.1. The number of fused-ring (bicyclic) bond motifs is 2. The summed E-state index contributed by atoms with van der Waals surface area (Å²) < 4.78 is 7.36. The molecule has 10 nitrogen and oxygen atoms in total. The van der Waals surface area contributed by atoms with Gasteiger partial charge in [-0.05, 0) is 45.0 Å². The van der Waals surface area contributed by atoms with E-state index in [1.54, 1.807) is 42.0 Å². The van der Waals surface area contributed by atoms with Gasteiger partial charge in [-0.15, -0.1) is 11.3 Å². The average Bonchev–Trinajstić information content (AvgIpc) is 3.34. The van der Waals surface area contributed by atoms with Gasteiger partial charge in [-0.25, -0.2) is 9.78 Å². The quantitative estimate of drug-likeness (QED) is 0.409. The lowest BCUT2D eigenvalue weighted by molar-refractivity contribution is 0.0368. The van der Waals surface area contributed by atoms with Crippen molar-refractivity contribution in [2.75, 3.05) is 32.1 Å². The Bertz CT molecular complexity index is 1330. The number of urea groups is 1. The molecule has 1 aliphatic rings. The lowest BCUT2D eigenvalue weighted by atomic mass is 9.99. The Labute approximate surface area is 232 Å². The van der Waals surface area contributed by atoms with Crippen LogP contribution >= 0.6 is 11.3 Å². The van der Waals surface area contributed by atoms with E-state index in [4.69, 9.17) is 4.74 Å². The van der Waals surface area contributed by atoms with E-state index in [-0.39, 0.29) is 53.4 Å². The largest absolute Gasteiger partial charge is 0.485 e. The Hall–Kier alpha value is -3.70. The number of hydrogen-bond donors (Lipinski definition) is 3. The maximum absolute atomic E-state index is 13.7. The summed E-state index contributed by atoms with van der Waals surface area (Å²) in [6.45, 7) is 7.86. The number of para-hydroxylation sites is 2. The first-order valence-corrected chi connectivity index (χ1v) is 13.8. The molecule has 0 spiro atoms. The van der Waals surface area contributed by atoms with Gasteiger partial charge in [0, 0.05) is 25.6 Å². The number of anilines is 1. The van der Waals surface area contributed by atoms with Crippen molar-refractivity contribution in [2.24, 2.45) is 5.92 Å². The van der Waals surface area contributed by atoms with Crippen LogP contribution in [-0.4, -0.2) is 82.7 Å². The minimum absolute atomic E-state index is 0.0285. The molecule has 0 fully saturated rings. The third-order valence-corrected chi connectivity index (χ3v) is 7.68. The van der Waals surface area contributed by atoms with Crippen molar-refractivity contribution in [1.29, 1.82) is 0 Å². The number of amides is 4. The van der Waals surface area contributed by atoms with Gasteiger partial charge in [0.15, 0.2) is 10.8 Å². The fourth-order valence-electron chi connectivity index (χ4n) is 4.41. The molecular weight excluding hydrogens is 518 g/mol. The number of carbonyl (C=O) groups is 3. The zero-order chi connectivity index (χ0) is 28.3. The number of aliphatic hydroxyl groups excluding tert-OH is 1. The van der Waals surface area contributed by atoms with Crippen molar-refractivity contribution in [3.63, 3.8) is 0 Å². The van der Waals surface area contributed by atoms with E-state index in [9.17, 15) is 19.5 Å². The summed E-state index contributed by atoms with van der Waals surface area (Å²) in [6.07, 6.45) is -0.506. The van der Waals surface area contributed by atoms with Gasteiger partial charge >= 0.3 is 6.03 Å². The standard InChI is InChI=1S/C28H35N5O5S/c1-16(2)29-28(37)32(5)14-22-17(3)13-33(18(4)15-34)27(36)19-9-8-11-21(24(19)38-22)30-25(35)26-31-20-10-6-7-12-23(20)39-26/h6-12,16-18,22,34H,13-15H2,1-5H3,(H,29,37)(H,30,35)/t17-,18+,22+/m1/s1. The van der Waals surface area contributed by atoms with Crippen molar-refractivity contribution in [2.45, 2.75) is 45.9 Å². The van der Waals surface area contributed by atoms with Crippen molar-refractivity contribution < 1.29 is 24.2 Å². The summed E-state index contributed by atoms with van der Waals surface area (Å²) in [6, 6.07) is 11.8. The number of ether oxygens (including phenoxy) is 1. The molecule has 1 aromatic heterocycles. The zero-order valence-corrected chi connectivity index (χ0v) is 23.6. The topological polar surface area (TPSA) is 124 Å². The molecule has 1 aliphatic heterocycles. The fraction of sp³-hybridized carbons (Fsp3) is 0.429. The second-order valence-corrected chi connectivity index (χ2v) is 11.3. The Morgan fingerprint density at radius 2 is 1.95 bits per heavy atom. The number of carbonyl (C=O) groups excluding carboxylic acids is 3. The second kappa shape index (κ2) is 12.0. The van der Waals surface area contributed by atoms with Crippen LogP contribution in [0.15, 0.2) is 42.5 Å². The summed E-state index contributed by atoms with van der Waals surface area (Å²) in [5.74, 6) is -0.695. The van der Waals surface area contributed by atoms with Crippen LogP contribution in [-0.2, 0) is 0 Å². The predicted molar refractivity (Wildman–Crippen MR) is 151 cm³/mol. The van der Waals surface area contributed by atoms with E-state index in [0.717, 1.165) is 10.2 Å². The van der Waals surface area contributed by atoms with Gasteiger partial charge in [0.2, 0.25) is 0 Å². The molecule has 39 heavy (non-hydrogen) atoms. The molecule has 11 heteroatoms. The van der Waals surface area contributed by atoms with Gasteiger partial charge in [-0.1, -0.05) is 25.1 Å². The van der Waals surface area contributed by atoms with Crippen LogP contribution in [0.5, 0.6) is 5.75 Å². The Balaban J connectivity index is 1.70. The highest BCUT2D eigenvalue weighted by molar-refractivity contribution is 7.20. The van der Waals surface area contributed by atoms with Gasteiger partial charge in [0.05, 0.1) is 40.7 Å². The smallest absolute Gasteiger partial charge is 0.317 e. The molecular formula is C28H35N5O5S. The lowest BCUT2D eigenvalue weighted by Crippen LogP contribution is -2.51. The van der Waals surface area contributed by atoms with Crippen LogP contribution in [0.4, 0.5) is 10.5 Å². The summed E-state index contributed by atoms with van der Waals surface area (Å²) >= 11 is 1.28. The Kier molecular flexibility index (Phi) is 8.71. The molecule has 3 atom stereocenters. The highest BCUT2D eigenvalue weighted by Crippen LogP contribution is 2.35. The SMILES string of the molecule is CC(C)NC(=O)N(C)C[C@@H]1Oc2c(NC(=O)c3nc4ccccc4s3)cccc2C(=O)N([C@@H](C)CO)C[C@H]1C. The number of thiazole rings is 1. The van der Waals surface area contributed by atoms with E-state index in [1.165, 1.54) is 11.3 Å². The zero-order valence-electron chi connectivity index (χ0n) is 22.8. The minimum Gasteiger partial charge on any atom is -0.485 e. The van der Waals surface area contributed by atoms with Crippen molar-refractivity contribution in [3.8, 4) is 5.75 Å². The molecule has 4 rings (SSSR count). The van der Waals surface area contributed by atoms with Crippen LogP contribution in [0.1, 0.15) is 47.9 Å². The molecule has 0 aliphatic carbocycles. The summed E-state index contributed by atoms with van der Waals surface area (Å²) in [7, 11) is 1.69. The maximum atomic E-state index is 13.7. The summed E-state index contributed by atoms with van der Waals surface area (Å²) in [4.78, 5) is 47.1. The molecule has 208 valence electrons. The molecule has 2 heterocycles. The molecule has 3 N–H and O–H groups in total. The molecule has 0 radical (unpaired) electrons. The molecule has 3 aromatic rings. The molecule has 0 bridgehead atoms. The first-order valence-electron chi connectivity index (χ1n) is 13.0. The third kappa shape index (κ3) is 6.31. The molecule has 0 saturated carbocycles. The van der Waals surface area contributed by atoms with Crippen LogP contribution in [0, 0.1) is 5.92 Å². The van der Waals surface area contributed by atoms with Crippen LogP contribution in [0.3, 0.4) is 0 Å². The number of aliphatic hydroxyl groups is 1. The van der Waals surface area contributed by atoms with E-state index >= 15 is 0 Å². The van der Waals surface area contributed by atoms with Gasteiger partial charge in [0.25, 0.3) is 11.8 Å². The first-order chi connectivity index (χ1) is 18.6. The maximum Gasteiger partial charge on any atom is 0.317 e. The average molecular weight is 554 g/mol. The van der Waals surface area contributed by atoms with Gasteiger partial charge in [-0.3, -0.25) is 9.59 Å². The highest BCUT2D eigenvalue weighted by Gasteiger charge is 2.35. The molecule has 4 amide bonds. The van der Waals surface area contributed by atoms with E-state index in [1.807, 2.05) is 45.0 Å². The number of hydrogen-bond acceptors (Lipinski definition) is 7. The molecule has 0 unspecified atom stereocenters. The Morgan fingerprint density at radius 3 is 2.64 bits per heavy atom. The molecule has 0 saturated heterocycles. The third-order valence-electron chi connectivity index (χ3n) is 6.64. The van der Waals surface area contributed by atoms with Gasteiger partial charge < -0.3 is 30.3 Å². The number of likely N-dealkylation sites (N-methyl/N-ethyl adjacent to an activating group) is 1. The van der Waals surface area contributed by atoms with Crippen molar-refractivity contribution >= 4 is 45.1 Å². The first kappa shape index (κ1) is 28.3. The monoisotopic (exact) mass is 553 g/mol. The van der Waals surface area contributed by atoms with Gasteiger partial charge in [-0.2, -0.15) is 0 Å². The number of aromatic nitrogens is 1. The van der Waals surface area contributed by atoms with Crippen molar-refractivity contribution in [3.05, 3.63) is 53.0 Å². The number of nitrogens with zero attached hydrogens (tertiary/aromatic N) is 3. The highest BCUT2D eigenvalue weighted by atomic mass is 32.1. The van der Waals surface area contributed by atoms with Crippen LogP contribution < -0.4 is 15.4 Å². The summed E-state index contributed by atoms with van der Waals surface area (Å²) in [5, 5.41) is 15.9. The second-order valence-electron chi connectivity index (χ2n) is 10.2. The Morgan fingerprint density at radius 1 is 1.21 bits per heavy atom.